The van der Waals surface area contributed by atoms with E-state index in [2.05, 4.69) is 4.72 Å². The molecule has 6 heteroatoms. The van der Waals surface area contributed by atoms with Gasteiger partial charge in [-0.25, -0.2) is 8.42 Å². The molecular formula is C11H13ClN2O2S. The maximum atomic E-state index is 11.9. The lowest BCUT2D eigenvalue weighted by Gasteiger charge is -2.20. The van der Waals surface area contributed by atoms with Crippen molar-refractivity contribution in [1.29, 1.82) is 5.26 Å². The molecule has 0 atom stereocenters. The molecule has 0 aromatic heterocycles. The van der Waals surface area contributed by atoms with E-state index in [1.807, 2.05) is 6.07 Å². The zero-order valence-electron chi connectivity index (χ0n) is 9.78. The molecule has 0 spiro atoms. The van der Waals surface area contributed by atoms with Crippen LogP contribution < -0.4 is 4.72 Å². The van der Waals surface area contributed by atoms with E-state index in [0.717, 1.165) is 0 Å². The molecule has 0 saturated heterocycles. The third-order valence-electron chi connectivity index (χ3n) is 2.15. The first-order chi connectivity index (χ1) is 7.67. The van der Waals surface area contributed by atoms with Crippen molar-refractivity contribution in [1.82, 2.24) is 0 Å². The molecule has 0 radical (unpaired) electrons. The molecule has 0 aliphatic heterocycles. The number of hydrogen-bond acceptors (Lipinski definition) is 3. The maximum absolute atomic E-state index is 11.9. The van der Waals surface area contributed by atoms with E-state index >= 15 is 0 Å². The van der Waals surface area contributed by atoms with Crippen LogP contribution in [0.4, 0.5) is 5.69 Å². The third-order valence-corrected chi connectivity index (χ3v) is 4.58. The Morgan fingerprint density at radius 2 is 1.94 bits per heavy atom. The average molecular weight is 273 g/mol. The van der Waals surface area contributed by atoms with Gasteiger partial charge in [-0.05, 0) is 39.0 Å². The fourth-order valence-corrected chi connectivity index (χ4v) is 1.96. The van der Waals surface area contributed by atoms with Crippen LogP contribution in [-0.4, -0.2) is 13.2 Å². The summed E-state index contributed by atoms with van der Waals surface area (Å²) in [7, 11) is -3.54. The predicted molar refractivity (Wildman–Crippen MR) is 68.5 cm³/mol. The molecule has 0 aliphatic rings. The molecule has 0 bridgehead atoms. The smallest absolute Gasteiger partial charge is 0.237 e. The van der Waals surface area contributed by atoms with Crippen LogP contribution >= 0.6 is 11.6 Å². The van der Waals surface area contributed by atoms with Gasteiger partial charge in [0, 0.05) is 0 Å². The SMILES string of the molecule is CC(C)(C)S(=O)(=O)Nc1cc(C#N)ccc1Cl. The molecule has 1 aromatic rings. The fraction of sp³-hybridized carbons (Fsp3) is 0.364. The normalized spacial score (nSPS) is 11.9. The summed E-state index contributed by atoms with van der Waals surface area (Å²) in [6.07, 6.45) is 0. The highest BCUT2D eigenvalue weighted by molar-refractivity contribution is 7.94. The molecule has 0 unspecified atom stereocenters. The van der Waals surface area contributed by atoms with Gasteiger partial charge in [-0.2, -0.15) is 5.26 Å². The van der Waals surface area contributed by atoms with E-state index < -0.39 is 14.8 Å². The van der Waals surface area contributed by atoms with E-state index in [9.17, 15) is 8.42 Å². The number of benzene rings is 1. The van der Waals surface area contributed by atoms with Gasteiger partial charge in [-0.15, -0.1) is 0 Å². The minimum atomic E-state index is -3.54. The summed E-state index contributed by atoms with van der Waals surface area (Å²) in [6, 6.07) is 6.35. The van der Waals surface area contributed by atoms with Crippen LogP contribution in [0, 0.1) is 11.3 Å². The summed E-state index contributed by atoms with van der Waals surface area (Å²) in [4.78, 5) is 0. The van der Waals surface area contributed by atoms with Crippen molar-refractivity contribution in [3.8, 4) is 6.07 Å². The van der Waals surface area contributed by atoms with Crippen LogP contribution in [0.15, 0.2) is 18.2 Å². The Balaban J connectivity index is 3.17. The molecule has 92 valence electrons. The summed E-state index contributed by atoms with van der Waals surface area (Å²) in [5, 5.41) is 9.00. The topological polar surface area (TPSA) is 70.0 Å². The molecule has 17 heavy (non-hydrogen) atoms. The number of anilines is 1. The van der Waals surface area contributed by atoms with E-state index in [1.54, 1.807) is 20.8 Å². The van der Waals surface area contributed by atoms with E-state index in [4.69, 9.17) is 16.9 Å². The van der Waals surface area contributed by atoms with Gasteiger partial charge in [-0.3, -0.25) is 4.72 Å². The first-order valence-electron chi connectivity index (χ1n) is 4.89. The van der Waals surface area contributed by atoms with Gasteiger partial charge in [0.15, 0.2) is 0 Å². The second-order valence-corrected chi connectivity index (χ2v) is 7.37. The monoisotopic (exact) mass is 272 g/mol. The van der Waals surface area contributed by atoms with Gasteiger partial charge < -0.3 is 0 Å². The van der Waals surface area contributed by atoms with Crippen LogP contribution in [-0.2, 0) is 10.0 Å². The van der Waals surface area contributed by atoms with E-state index in [-0.39, 0.29) is 10.7 Å². The number of hydrogen-bond donors (Lipinski definition) is 1. The highest BCUT2D eigenvalue weighted by Crippen LogP contribution is 2.26. The molecule has 0 heterocycles. The highest BCUT2D eigenvalue weighted by atomic mass is 35.5. The fourth-order valence-electron chi connectivity index (χ4n) is 0.971. The largest absolute Gasteiger partial charge is 0.282 e. The van der Waals surface area contributed by atoms with Crippen LogP contribution in [0.1, 0.15) is 26.3 Å². The Bertz CT molecular complexity index is 568. The summed E-state index contributed by atoms with van der Waals surface area (Å²) >= 11 is 5.87. The quantitative estimate of drug-likeness (QED) is 0.900. The molecule has 1 rings (SSSR count). The lowest BCUT2D eigenvalue weighted by molar-refractivity contribution is 0.566. The minimum absolute atomic E-state index is 0.223. The lowest BCUT2D eigenvalue weighted by Crippen LogP contribution is -2.33. The molecule has 4 nitrogen and oxygen atoms in total. The van der Waals surface area contributed by atoms with Crippen molar-refractivity contribution in [3.63, 3.8) is 0 Å². The summed E-state index contributed by atoms with van der Waals surface area (Å²) < 4.78 is 25.3. The van der Waals surface area contributed by atoms with Crippen molar-refractivity contribution in [2.24, 2.45) is 0 Å². The van der Waals surface area contributed by atoms with Gasteiger partial charge in [0.05, 0.1) is 27.1 Å². The predicted octanol–water partition coefficient (Wildman–Crippen LogP) is 2.75. The number of halogens is 1. The standard InChI is InChI=1S/C11H13ClN2O2S/c1-11(2,3)17(15,16)14-10-6-8(7-13)4-5-9(10)12/h4-6,14H,1-3H3. The summed E-state index contributed by atoms with van der Waals surface area (Å²) in [6.45, 7) is 4.74. The molecule has 0 saturated carbocycles. The Morgan fingerprint density at radius 1 is 1.35 bits per heavy atom. The van der Waals surface area contributed by atoms with Gasteiger partial charge in [0.2, 0.25) is 10.0 Å². The zero-order valence-corrected chi connectivity index (χ0v) is 11.4. The maximum Gasteiger partial charge on any atom is 0.237 e. The molecule has 0 fully saturated rings. The molecular weight excluding hydrogens is 260 g/mol. The molecule has 1 N–H and O–H groups in total. The van der Waals surface area contributed by atoms with Crippen molar-refractivity contribution in [3.05, 3.63) is 28.8 Å². The lowest BCUT2D eigenvalue weighted by atomic mass is 10.2. The van der Waals surface area contributed by atoms with E-state index in [1.165, 1.54) is 18.2 Å². The van der Waals surface area contributed by atoms with Gasteiger partial charge in [0.1, 0.15) is 0 Å². The molecule has 0 aliphatic carbocycles. The van der Waals surface area contributed by atoms with Gasteiger partial charge >= 0.3 is 0 Å². The second-order valence-electron chi connectivity index (χ2n) is 4.52. The molecule has 0 amide bonds. The van der Waals surface area contributed by atoms with Crippen molar-refractivity contribution < 1.29 is 8.42 Å². The number of nitrogens with zero attached hydrogens (tertiary/aromatic N) is 1. The summed E-state index contributed by atoms with van der Waals surface area (Å²) in [5.74, 6) is 0. The number of rotatable bonds is 2. The Morgan fingerprint density at radius 3 is 2.41 bits per heavy atom. The number of nitrogens with one attached hydrogen (secondary N) is 1. The Hall–Kier alpha value is -1.25. The van der Waals surface area contributed by atoms with Crippen molar-refractivity contribution >= 4 is 27.3 Å². The first kappa shape index (κ1) is 13.8. The summed E-state index contributed by atoms with van der Waals surface area (Å²) in [5.41, 5.74) is 0.571. The zero-order chi connectivity index (χ0) is 13.3. The minimum Gasteiger partial charge on any atom is -0.282 e. The Kier molecular flexibility index (Phi) is 3.70. The average Bonchev–Trinajstić information content (AvgIpc) is 2.19. The van der Waals surface area contributed by atoms with Gasteiger partial charge in [0.25, 0.3) is 0 Å². The second kappa shape index (κ2) is 4.55. The van der Waals surface area contributed by atoms with Crippen LogP contribution in [0.5, 0.6) is 0 Å². The van der Waals surface area contributed by atoms with Crippen molar-refractivity contribution in [2.45, 2.75) is 25.5 Å². The van der Waals surface area contributed by atoms with Crippen LogP contribution in [0.25, 0.3) is 0 Å². The number of nitriles is 1. The first-order valence-corrected chi connectivity index (χ1v) is 6.75. The van der Waals surface area contributed by atoms with Crippen LogP contribution in [0.3, 0.4) is 0 Å². The van der Waals surface area contributed by atoms with E-state index in [0.29, 0.717) is 5.56 Å². The van der Waals surface area contributed by atoms with Gasteiger partial charge in [-0.1, -0.05) is 11.6 Å². The van der Waals surface area contributed by atoms with Crippen LogP contribution in [0.2, 0.25) is 5.02 Å². The third kappa shape index (κ3) is 3.11. The molecule has 1 aromatic carbocycles. The van der Waals surface area contributed by atoms with Crippen molar-refractivity contribution in [2.75, 3.05) is 4.72 Å². The Labute approximate surface area is 106 Å². The highest BCUT2D eigenvalue weighted by Gasteiger charge is 2.29. The number of sulfonamides is 1.